The highest BCUT2D eigenvalue weighted by atomic mass is 16.5. The van der Waals surface area contributed by atoms with Gasteiger partial charge in [-0.3, -0.25) is 10.00 Å². The lowest BCUT2D eigenvalue weighted by molar-refractivity contribution is 0.195. The number of phenolic OH excluding ortho intramolecular Hbond substituents is 1. The average molecular weight is 343 g/mol. The Kier molecular flexibility index (Phi) is 5.63. The zero-order chi connectivity index (χ0) is 17.8. The van der Waals surface area contributed by atoms with Gasteiger partial charge in [0.15, 0.2) is 11.5 Å². The van der Waals surface area contributed by atoms with Crippen molar-refractivity contribution in [1.29, 1.82) is 0 Å². The van der Waals surface area contributed by atoms with Gasteiger partial charge in [-0.2, -0.15) is 5.10 Å². The average Bonchev–Trinajstić information content (AvgIpc) is 3.04. The highest BCUT2D eigenvalue weighted by molar-refractivity contribution is 5.45. The third-order valence-corrected chi connectivity index (χ3v) is 4.99. The highest BCUT2D eigenvalue weighted by Gasteiger charge is 2.25. The number of aromatic nitrogens is 2. The Bertz CT molecular complexity index is 696. The lowest BCUT2D eigenvalue weighted by atomic mass is 9.90. The fourth-order valence-corrected chi connectivity index (χ4v) is 3.81. The molecule has 1 aromatic carbocycles. The number of H-pyrrole nitrogens is 1. The van der Waals surface area contributed by atoms with E-state index >= 15 is 0 Å². The minimum absolute atomic E-state index is 0.258. The van der Waals surface area contributed by atoms with E-state index in [9.17, 15) is 5.11 Å². The molecule has 0 radical (unpaired) electrons. The highest BCUT2D eigenvalue weighted by Crippen LogP contribution is 2.33. The largest absolute Gasteiger partial charge is 0.504 e. The van der Waals surface area contributed by atoms with Gasteiger partial charge in [0.25, 0.3) is 0 Å². The van der Waals surface area contributed by atoms with E-state index in [0.29, 0.717) is 17.6 Å². The Hall–Kier alpha value is -2.01. The molecule has 1 aliphatic rings. The molecular weight excluding hydrogens is 314 g/mol. The summed E-state index contributed by atoms with van der Waals surface area (Å²) in [5.74, 6) is 1.91. The summed E-state index contributed by atoms with van der Waals surface area (Å²) in [5.41, 5.74) is 3.58. The number of aromatic amines is 1. The summed E-state index contributed by atoms with van der Waals surface area (Å²) in [6.07, 6.45) is 5.41. The van der Waals surface area contributed by atoms with E-state index in [1.165, 1.54) is 17.7 Å². The standard InChI is InChI=1S/C20H29N3O2/c1-14(2)10-17-11-21-22-19(17)15-7-5-9-23(12-15)13-16-6-4-8-18(25-3)20(16)24/h4,6,8,11,14-15,24H,5,7,9-10,12-13H2,1-3H3,(H,21,22)/t15-/m0/s1. The molecule has 0 aliphatic carbocycles. The zero-order valence-electron chi connectivity index (χ0n) is 15.5. The van der Waals surface area contributed by atoms with Crippen molar-refractivity contribution >= 4 is 0 Å². The van der Waals surface area contributed by atoms with Crippen LogP contribution in [0.5, 0.6) is 11.5 Å². The Balaban J connectivity index is 1.71. The van der Waals surface area contributed by atoms with Crippen molar-refractivity contribution in [2.45, 2.75) is 45.6 Å². The molecule has 1 aromatic heterocycles. The number of methoxy groups -OCH3 is 1. The third kappa shape index (κ3) is 4.15. The third-order valence-electron chi connectivity index (χ3n) is 4.99. The summed E-state index contributed by atoms with van der Waals surface area (Å²) in [4.78, 5) is 2.42. The maximum atomic E-state index is 10.3. The first-order valence-electron chi connectivity index (χ1n) is 9.17. The van der Waals surface area contributed by atoms with E-state index in [0.717, 1.165) is 38.0 Å². The maximum Gasteiger partial charge on any atom is 0.162 e. The quantitative estimate of drug-likeness (QED) is 0.839. The summed E-state index contributed by atoms with van der Waals surface area (Å²) < 4.78 is 5.23. The van der Waals surface area contributed by atoms with Crippen LogP contribution in [-0.2, 0) is 13.0 Å². The number of nitrogens with one attached hydrogen (secondary N) is 1. The summed E-state index contributed by atoms with van der Waals surface area (Å²) in [6, 6.07) is 5.70. The van der Waals surface area contributed by atoms with Crippen LogP contribution in [0.1, 0.15) is 49.4 Å². The number of aromatic hydroxyl groups is 1. The summed E-state index contributed by atoms with van der Waals surface area (Å²) >= 11 is 0. The van der Waals surface area contributed by atoms with Gasteiger partial charge in [0, 0.05) is 30.3 Å². The van der Waals surface area contributed by atoms with Crippen LogP contribution in [0.3, 0.4) is 0 Å². The monoisotopic (exact) mass is 343 g/mol. The van der Waals surface area contributed by atoms with Crippen LogP contribution in [-0.4, -0.2) is 40.4 Å². The SMILES string of the molecule is COc1cccc(CN2CCC[C@H](c3[nH]ncc3CC(C)C)C2)c1O. The van der Waals surface area contributed by atoms with Gasteiger partial charge in [-0.1, -0.05) is 26.0 Å². The van der Waals surface area contributed by atoms with Crippen molar-refractivity contribution in [3.63, 3.8) is 0 Å². The molecule has 0 amide bonds. The smallest absolute Gasteiger partial charge is 0.162 e. The summed E-state index contributed by atoms with van der Waals surface area (Å²) in [5, 5.41) is 17.9. The van der Waals surface area contributed by atoms with Crippen molar-refractivity contribution in [3.05, 3.63) is 41.2 Å². The minimum atomic E-state index is 0.258. The lowest BCUT2D eigenvalue weighted by Gasteiger charge is -2.33. The first-order valence-corrected chi connectivity index (χ1v) is 9.17. The molecule has 1 aliphatic heterocycles. The molecule has 2 heterocycles. The molecular formula is C20H29N3O2. The number of likely N-dealkylation sites (tertiary alicyclic amines) is 1. The second-order valence-electron chi connectivity index (χ2n) is 7.45. The van der Waals surface area contributed by atoms with Crippen LogP contribution in [0, 0.1) is 5.92 Å². The van der Waals surface area contributed by atoms with Crippen LogP contribution < -0.4 is 4.74 Å². The van der Waals surface area contributed by atoms with Crippen LogP contribution in [0.2, 0.25) is 0 Å². The summed E-state index contributed by atoms with van der Waals surface area (Å²) in [7, 11) is 1.59. The first kappa shape index (κ1) is 17.8. The zero-order valence-corrected chi connectivity index (χ0v) is 15.5. The molecule has 0 unspecified atom stereocenters. The number of benzene rings is 1. The molecule has 0 saturated carbocycles. The van der Waals surface area contributed by atoms with E-state index in [-0.39, 0.29) is 5.75 Å². The topological polar surface area (TPSA) is 61.4 Å². The van der Waals surface area contributed by atoms with Crippen molar-refractivity contribution in [3.8, 4) is 11.5 Å². The van der Waals surface area contributed by atoms with Gasteiger partial charge in [0.05, 0.1) is 13.3 Å². The molecule has 1 fully saturated rings. The molecule has 1 saturated heterocycles. The van der Waals surface area contributed by atoms with Crippen LogP contribution in [0.4, 0.5) is 0 Å². The van der Waals surface area contributed by atoms with E-state index in [1.807, 2.05) is 18.3 Å². The van der Waals surface area contributed by atoms with Crippen molar-refractivity contribution in [1.82, 2.24) is 15.1 Å². The number of ether oxygens (including phenoxy) is 1. The minimum Gasteiger partial charge on any atom is -0.504 e. The maximum absolute atomic E-state index is 10.3. The van der Waals surface area contributed by atoms with Crippen LogP contribution in [0.15, 0.2) is 24.4 Å². The molecule has 136 valence electrons. The van der Waals surface area contributed by atoms with Crippen LogP contribution >= 0.6 is 0 Å². The van der Waals surface area contributed by atoms with Crippen molar-refractivity contribution in [2.75, 3.05) is 20.2 Å². The molecule has 2 aromatic rings. The number of piperidine rings is 1. The predicted molar refractivity (Wildman–Crippen MR) is 99.0 cm³/mol. The molecule has 0 spiro atoms. The van der Waals surface area contributed by atoms with Gasteiger partial charge in [0.1, 0.15) is 0 Å². The number of phenols is 1. The first-order chi connectivity index (χ1) is 12.1. The Morgan fingerprint density at radius 1 is 1.36 bits per heavy atom. The Morgan fingerprint density at radius 2 is 2.20 bits per heavy atom. The fourth-order valence-electron chi connectivity index (χ4n) is 3.81. The van der Waals surface area contributed by atoms with Gasteiger partial charge in [-0.25, -0.2) is 0 Å². The number of hydrogen-bond acceptors (Lipinski definition) is 4. The lowest BCUT2D eigenvalue weighted by Crippen LogP contribution is -2.34. The number of para-hydroxylation sites is 1. The van der Waals surface area contributed by atoms with E-state index < -0.39 is 0 Å². The number of rotatable bonds is 6. The summed E-state index contributed by atoms with van der Waals surface area (Å²) in [6.45, 7) is 7.28. The Morgan fingerprint density at radius 3 is 2.96 bits per heavy atom. The molecule has 2 N–H and O–H groups in total. The second kappa shape index (κ2) is 7.91. The van der Waals surface area contributed by atoms with Crippen molar-refractivity contribution < 1.29 is 9.84 Å². The molecule has 5 nitrogen and oxygen atoms in total. The second-order valence-corrected chi connectivity index (χ2v) is 7.45. The van der Waals surface area contributed by atoms with Gasteiger partial charge < -0.3 is 9.84 Å². The van der Waals surface area contributed by atoms with Crippen LogP contribution in [0.25, 0.3) is 0 Å². The molecule has 5 heteroatoms. The van der Waals surface area contributed by atoms with Gasteiger partial charge >= 0.3 is 0 Å². The van der Waals surface area contributed by atoms with Gasteiger partial charge in [-0.05, 0) is 43.4 Å². The van der Waals surface area contributed by atoms with Gasteiger partial charge in [-0.15, -0.1) is 0 Å². The van der Waals surface area contributed by atoms with E-state index in [1.54, 1.807) is 13.2 Å². The molecule has 3 rings (SSSR count). The number of hydrogen-bond donors (Lipinski definition) is 2. The number of nitrogens with zero attached hydrogens (tertiary/aromatic N) is 2. The fraction of sp³-hybridized carbons (Fsp3) is 0.550. The normalized spacial score (nSPS) is 18.6. The Labute approximate surface area is 150 Å². The van der Waals surface area contributed by atoms with Gasteiger partial charge in [0.2, 0.25) is 0 Å². The molecule has 1 atom stereocenters. The molecule has 0 bridgehead atoms. The van der Waals surface area contributed by atoms with E-state index in [4.69, 9.17) is 4.74 Å². The predicted octanol–water partition coefficient (Wildman–Crippen LogP) is 3.70. The molecule has 25 heavy (non-hydrogen) atoms. The van der Waals surface area contributed by atoms with E-state index in [2.05, 4.69) is 28.9 Å². The van der Waals surface area contributed by atoms with Crippen molar-refractivity contribution in [2.24, 2.45) is 5.92 Å².